The Bertz CT molecular complexity index is 513. The first kappa shape index (κ1) is 12.8. The van der Waals surface area contributed by atoms with Crippen molar-refractivity contribution >= 4 is 17.3 Å². The number of pyridine rings is 1. The molecule has 1 aromatic carbocycles. The van der Waals surface area contributed by atoms with Crippen LogP contribution in [-0.2, 0) is 6.54 Å². The van der Waals surface area contributed by atoms with E-state index in [1.165, 1.54) is 12.1 Å². The summed E-state index contributed by atoms with van der Waals surface area (Å²) in [5.41, 5.74) is 1.91. The minimum Gasteiger partial charge on any atom is -0.367 e. The third-order valence-corrected chi connectivity index (χ3v) is 2.94. The van der Waals surface area contributed by atoms with Crippen LogP contribution in [0.5, 0.6) is 0 Å². The molecule has 0 atom stereocenters. The molecule has 0 amide bonds. The average Bonchev–Trinajstić information content (AvgIpc) is 2.38. The number of benzene rings is 1. The molecular formula is C14H14ClFN2. The molecule has 0 N–H and O–H groups in total. The Morgan fingerprint density at radius 3 is 2.72 bits per heavy atom. The number of hydrogen-bond acceptors (Lipinski definition) is 2. The molecule has 0 bridgehead atoms. The van der Waals surface area contributed by atoms with Crippen molar-refractivity contribution in [2.45, 2.75) is 13.5 Å². The number of rotatable bonds is 4. The van der Waals surface area contributed by atoms with Gasteiger partial charge in [0, 0.05) is 25.0 Å². The number of nitrogens with zero attached hydrogens (tertiary/aromatic N) is 2. The van der Waals surface area contributed by atoms with E-state index in [9.17, 15) is 4.39 Å². The van der Waals surface area contributed by atoms with E-state index < -0.39 is 0 Å². The van der Waals surface area contributed by atoms with E-state index in [0.717, 1.165) is 17.8 Å². The van der Waals surface area contributed by atoms with Crippen molar-refractivity contribution in [3.8, 4) is 0 Å². The van der Waals surface area contributed by atoms with Gasteiger partial charge in [-0.3, -0.25) is 0 Å². The van der Waals surface area contributed by atoms with Gasteiger partial charge in [-0.25, -0.2) is 9.37 Å². The third kappa shape index (κ3) is 3.20. The van der Waals surface area contributed by atoms with E-state index in [2.05, 4.69) is 9.88 Å². The van der Waals surface area contributed by atoms with Crippen LogP contribution in [0.25, 0.3) is 0 Å². The lowest BCUT2D eigenvalue weighted by atomic mass is 10.2. The molecule has 0 spiro atoms. The quantitative estimate of drug-likeness (QED) is 0.779. The molecule has 4 heteroatoms. The van der Waals surface area contributed by atoms with E-state index in [1.54, 1.807) is 18.3 Å². The van der Waals surface area contributed by atoms with Gasteiger partial charge in [0.25, 0.3) is 0 Å². The SMILES string of the molecule is CCN(Cc1ccc(Cl)nc1)c1cccc(F)c1. The molecule has 94 valence electrons. The summed E-state index contributed by atoms with van der Waals surface area (Å²) >= 11 is 5.75. The maximum absolute atomic E-state index is 13.2. The maximum atomic E-state index is 13.2. The third-order valence-electron chi connectivity index (χ3n) is 2.72. The van der Waals surface area contributed by atoms with Gasteiger partial charge in [-0.15, -0.1) is 0 Å². The van der Waals surface area contributed by atoms with Crippen molar-refractivity contribution in [2.24, 2.45) is 0 Å². The molecule has 2 nitrogen and oxygen atoms in total. The van der Waals surface area contributed by atoms with E-state index >= 15 is 0 Å². The zero-order valence-electron chi connectivity index (χ0n) is 10.1. The monoisotopic (exact) mass is 264 g/mol. The number of halogens is 2. The summed E-state index contributed by atoms with van der Waals surface area (Å²) in [6, 6.07) is 10.3. The summed E-state index contributed by atoms with van der Waals surface area (Å²) in [6.07, 6.45) is 1.74. The Labute approximate surface area is 111 Å². The van der Waals surface area contributed by atoms with Crippen LogP contribution in [0.2, 0.25) is 5.15 Å². The largest absolute Gasteiger partial charge is 0.367 e. The van der Waals surface area contributed by atoms with Gasteiger partial charge in [0.1, 0.15) is 11.0 Å². The maximum Gasteiger partial charge on any atom is 0.129 e. The number of anilines is 1. The molecule has 0 aliphatic rings. The minimum atomic E-state index is -0.222. The lowest BCUT2D eigenvalue weighted by molar-refractivity contribution is 0.626. The number of hydrogen-bond donors (Lipinski definition) is 0. The molecule has 0 unspecified atom stereocenters. The van der Waals surface area contributed by atoms with Crippen LogP contribution in [0.1, 0.15) is 12.5 Å². The molecular weight excluding hydrogens is 251 g/mol. The second-order valence-corrected chi connectivity index (χ2v) is 4.37. The predicted molar refractivity (Wildman–Crippen MR) is 72.4 cm³/mol. The molecule has 0 aliphatic heterocycles. The fourth-order valence-electron chi connectivity index (χ4n) is 1.78. The Morgan fingerprint density at radius 2 is 2.11 bits per heavy atom. The van der Waals surface area contributed by atoms with E-state index in [4.69, 9.17) is 11.6 Å². The van der Waals surface area contributed by atoms with Crippen molar-refractivity contribution in [2.75, 3.05) is 11.4 Å². The van der Waals surface area contributed by atoms with Crippen LogP contribution in [0.4, 0.5) is 10.1 Å². The van der Waals surface area contributed by atoms with Gasteiger partial charge < -0.3 is 4.90 Å². The van der Waals surface area contributed by atoms with Crippen LogP contribution in [-0.4, -0.2) is 11.5 Å². The molecule has 0 fully saturated rings. The van der Waals surface area contributed by atoms with Gasteiger partial charge in [0.2, 0.25) is 0 Å². The summed E-state index contributed by atoms with van der Waals surface area (Å²) in [6.45, 7) is 3.52. The highest BCUT2D eigenvalue weighted by Gasteiger charge is 2.06. The topological polar surface area (TPSA) is 16.1 Å². The van der Waals surface area contributed by atoms with Crippen LogP contribution >= 0.6 is 11.6 Å². The molecule has 0 saturated carbocycles. The number of aromatic nitrogens is 1. The first-order valence-corrected chi connectivity index (χ1v) is 6.18. The van der Waals surface area contributed by atoms with Gasteiger partial charge in [-0.1, -0.05) is 23.7 Å². The van der Waals surface area contributed by atoms with Crippen LogP contribution in [0.15, 0.2) is 42.6 Å². The lowest BCUT2D eigenvalue weighted by Crippen LogP contribution is -2.22. The van der Waals surface area contributed by atoms with Crippen molar-refractivity contribution in [1.29, 1.82) is 0 Å². The summed E-state index contributed by atoms with van der Waals surface area (Å²) in [4.78, 5) is 6.12. The standard InChI is InChI=1S/C14H14ClFN2/c1-2-18(13-5-3-4-12(16)8-13)10-11-6-7-14(15)17-9-11/h3-9H,2,10H2,1H3. The highest BCUT2D eigenvalue weighted by Crippen LogP contribution is 2.18. The Balaban J connectivity index is 2.17. The lowest BCUT2D eigenvalue weighted by Gasteiger charge is -2.23. The van der Waals surface area contributed by atoms with E-state index in [-0.39, 0.29) is 5.82 Å². The minimum absolute atomic E-state index is 0.222. The average molecular weight is 265 g/mol. The zero-order valence-corrected chi connectivity index (χ0v) is 10.9. The van der Waals surface area contributed by atoms with Crippen molar-refractivity contribution in [1.82, 2.24) is 4.98 Å². The highest BCUT2D eigenvalue weighted by molar-refractivity contribution is 6.29. The van der Waals surface area contributed by atoms with Gasteiger partial charge >= 0.3 is 0 Å². The smallest absolute Gasteiger partial charge is 0.129 e. The Kier molecular flexibility index (Phi) is 4.15. The first-order chi connectivity index (χ1) is 8.69. The van der Waals surface area contributed by atoms with Gasteiger partial charge in [0.05, 0.1) is 0 Å². The van der Waals surface area contributed by atoms with Crippen molar-refractivity contribution < 1.29 is 4.39 Å². The molecule has 2 aromatic rings. The van der Waals surface area contributed by atoms with Crippen LogP contribution in [0, 0.1) is 5.82 Å². The molecule has 0 aliphatic carbocycles. The Hall–Kier alpha value is -1.61. The normalized spacial score (nSPS) is 10.4. The first-order valence-electron chi connectivity index (χ1n) is 5.80. The summed E-state index contributed by atoms with van der Waals surface area (Å²) in [5.74, 6) is -0.222. The second kappa shape index (κ2) is 5.83. The molecule has 18 heavy (non-hydrogen) atoms. The molecule has 1 heterocycles. The second-order valence-electron chi connectivity index (χ2n) is 3.98. The molecule has 2 rings (SSSR count). The zero-order chi connectivity index (χ0) is 13.0. The Morgan fingerprint density at radius 1 is 1.28 bits per heavy atom. The highest BCUT2D eigenvalue weighted by atomic mass is 35.5. The van der Waals surface area contributed by atoms with Crippen LogP contribution in [0.3, 0.4) is 0 Å². The fraction of sp³-hybridized carbons (Fsp3) is 0.214. The van der Waals surface area contributed by atoms with Crippen LogP contribution < -0.4 is 4.90 Å². The van der Waals surface area contributed by atoms with Gasteiger partial charge in [-0.05, 0) is 36.8 Å². The summed E-state index contributed by atoms with van der Waals surface area (Å²) in [7, 11) is 0. The fourth-order valence-corrected chi connectivity index (χ4v) is 1.89. The van der Waals surface area contributed by atoms with E-state index in [1.807, 2.05) is 19.1 Å². The summed E-state index contributed by atoms with van der Waals surface area (Å²) < 4.78 is 13.2. The van der Waals surface area contributed by atoms with E-state index in [0.29, 0.717) is 11.7 Å². The summed E-state index contributed by atoms with van der Waals surface area (Å²) in [5, 5.41) is 0.479. The molecule has 0 radical (unpaired) electrons. The van der Waals surface area contributed by atoms with Crippen molar-refractivity contribution in [3.63, 3.8) is 0 Å². The molecule has 0 saturated heterocycles. The predicted octanol–water partition coefficient (Wildman–Crippen LogP) is 3.90. The molecule has 1 aromatic heterocycles. The van der Waals surface area contributed by atoms with Gasteiger partial charge in [0.15, 0.2) is 0 Å². The van der Waals surface area contributed by atoms with Gasteiger partial charge in [-0.2, -0.15) is 0 Å². The van der Waals surface area contributed by atoms with Crippen molar-refractivity contribution in [3.05, 3.63) is 59.1 Å².